The highest BCUT2D eigenvalue weighted by atomic mass is 35.5. The molecule has 5 aromatic rings. The zero-order chi connectivity index (χ0) is 24.5. The molecule has 0 radical (unpaired) electrons. The SMILES string of the molecule is CCCCc1nc(=O)c(-c2nnc(Cc3noc4ccccc34)o2)c(O)n1-c1c(Cl)cccc1Cl. The second-order valence-corrected chi connectivity index (χ2v) is 8.66. The lowest BCUT2D eigenvalue weighted by atomic mass is 10.2. The van der Waals surface area contributed by atoms with Crippen LogP contribution in [0.1, 0.15) is 37.2 Å². The minimum Gasteiger partial charge on any atom is -0.493 e. The van der Waals surface area contributed by atoms with Crippen molar-refractivity contribution in [1.29, 1.82) is 0 Å². The van der Waals surface area contributed by atoms with Gasteiger partial charge >= 0.3 is 0 Å². The molecule has 0 aliphatic heterocycles. The molecule has 11 heteroatoms. The van der Waals surface area contributed by atoms with E-state index in [1.807, 2.05) is 25.1 Å². The van der Waals surface area contributed by atoms with Crippen molar-refractivity contribution in [2.24, 2.45) is 0 Å². The van der Waals surface area contributed by atoms with Crippen molar-refractivity contribution >= 4 is 34.2 Å². The van der Waals surface area contributed by atoms with E-state index in [9.17, 15) is 9.90 Å². The van der Waals surface area contributed by atoms with E-state index in [1.165, 1.54) is 4.57 Å². The van der Waals surface area contributed by atoms with Gasteiger partial charge in [0.15, 0.2) is 11.1 Å². The van der Waals surface area contributed by atoms with Crippen LogP contribution in [0.2, 0.25) is 10.0 Å². The molecule has 0 fully saturated rings. The third-order valence-corrected chi connectivity index (χ3v) is 6.11. The predicted molar refractivity (Wildman–Crippen MR) is 130 cm³/mol. The third kappa shape index (κ3) is 4.28. The van der Waals surface area contributed by atoms with Crippen molar-refractivity contribution in [3.63, 3.8) is 0 Å². The number of hydrogen-bond donors (Lipinski definition) is 1. The number of rotatable bonds is 7. The van der Waals surface area contributed by atoms with E-state index < -0.39 is 11.4 Å². The number of aromatic nitrogens is 5. The summed E-state index contributed by atoms with van der Waals surface area (Å²) in [5, 5.41) is 24.7. The summed E-state index contributed by atoms with van der Waals surface area (Å²) in [7, 11) is 0. The Labute approximate surface area is 208 Å². The molecule has 3 heterocycles. The highest BCUT2D eigenvalue weighted by Crippen LogP contribution is 2.35. The second kappa shape index (κ2) is 9.52. The molecule has 0 spiro atoms. The van der Waals surface area contributed by atoms with Gasteiger partial charge in [0.2, 0.25) is 11.8 Å². The lowest BCUT2D eigenvalue weighted by Crippen LogP contribution is -2.20. The summed E-state index contributed by atoms with van der Waals surface area (Å²) in [5.74, 6) is -0.105. The molecule has 0 unspecified atom stereocenters. The number of aryl methyl sites for hydroxylation is 1. The maximum Gasteiger partial charge on any atom is 0.289 e. The fourth-order valence-electron chi connectivity index (χ4n) is 3.82. The van der Waals surface area contributed by atoms with E-state index >= 15 is 0 Å². The number of unbranched alkanes of at least 4 members (excludes halogenated alkanes) is 1. The number of fused-ring (bicyclic) bond motifs is 1. The van der Waals surface area contributed by atoms with Gasteiger partial charge in [-0.15, -0.1) is 10.2 Å². The second-order valence-electron chi connectivity index (χ2n) is 7.84. The van der Waals surface area contributed by atoms with E-state index in [1.54, 1.807) is 24.3 Å². The Balaban J connectivity index is 1.60. The molecule has 0 aliphatic carbocycles. The standard InChI is InChI=1S/C24H19Cl2N5O4/c1-2-3-11-18-27-22(32)20(24(33)31(18)21-14(25)8-6-9-15(21)26)23-29-28-19(34-23)12-16-13-7-4-5-10-17(13)35-30-16/h4-10,33H,2-3,11-12H2,1H3. The summed E-state index contributed by atoms with van der Waals surface area (Å²) in [6.45, 7) is 2.01. The molecule has 35 heavy (non-hydrogen) atoms. The third-order valence-electron chi connectivity index (χ3n) is 5.50. The van der Waals surface area contributed by atoms with Crippen molar-refractivity contribution in [1.82, 2.24) is 24.9 Å². The van der Waals surface area contributed by atoms with Crippen LogP contribution in [-0.2, 0) is 12.8 Å². The lowest BCUT2D eigenvalue weighted by Gasteiger charge is -2.18. The van der Waals surface area contributed by atoms with Gasteiger partial charge in [0, 0.05) is 11.8 Å². The van der Waals surface area contributed by atoms with Crippen molar-refractivity contribution in [2.75, 3.05) is 0 Å². The van der Waals surface area contributed by atoms with Crippen molar-refractivity contribution in [3.8, 4) is 23.0 Å². The van der Waals surface area contributed by atoms with Gasteiger partial charge in [-0.3, -0.25) is 9.36 Å². The Hall–Kier alpha value is -3.69. The first kappa shape index (κ1) is 23.1. The van der Waals surface area contributed by atoms with Crippen LogP contribution in [0.15, 0.2) is 56.2 Å². The number of hydrogen-bond acceptors (Lipinski definition) is 8. The van der Waals surface area contributed by atoms with E-state index in [-0.39, 0.29) is 33.8 Å². The summed E-state index contributed by atoms with van der Waals surface area (Å²) in [6, 6.07) is 12.3. The fourth-order valence-corrected chi connectivity index (χ4v) is 4.38. The van der Waals surface area contributed by atoms with Gasteiger partial charge in [0.1, 0.15) is 11.5 Å². The minimum absolute atomic E-state index is 0.178. The zero-order valence-electron chi connectivity index (χ0n) is 18.5. The largest absolute Gasteiger partial charge is 0.493 e. The minimum atomic E-state index is -0.699. The monoisotopic (exact) mass is 511 g/mol. The van der Waals surface area contributed by atoms with Crippen LogP contribution in [0, 0.1) is 0 Å². The van der Waals surface area contributed by atoms with Gasteiger partial charge in [-0.25, -0.2) is 0 Å². The predicted octanol–water partition coefficient (Wildman–Crippen LogP) is 5.37. The molecule has 5 rings (SSSR count). The zero-order valence-corrected chi connectivity index (χ0v) is 20.0. The molecular weight excluding hydrogens is 493 g/mol. The van der Waals surface area contributed by atoms with E-state index in [2.05, 4.69) is 20.3 Å². The Morgan fingerprint density at radius 1 is 1.06 bits per heavy atom. The molecule has 0 atom stereocenters. The van der Waals surface area contributed by atoms with Crippen LogP contribution in [0.5, 0.6) is 5.88 Å². The molecular formula is C24H19Cl2N5O4. The van der Waals surface area contributed by atoms with Crippen LogP contribution < -0.4 is 5.56 Å². The number of aromatic hydroxyl groups is 1. The molecule has 0 saturated heterocycles. The number of benzene rings is 2. The first-order valence-corrected chi connectivity index (χ1v) is 11.7. The summed E-state index contributed by atoms with van der Waals surface area (Å²) < 4.78 is 12.4. The Morgan fingerprint density at radius 3 is 2.60 bits per heavy atom. The maximum atomic E-state index is 13.0. The topological polar surface area (TPSA) is 120 Å². The Kier molecular flexibility index (Phi) is 6.27. The van der Waals surface area contributed by atoms with Gasteiger partial charge in [-0.2, -0.15) is 4.98 Å². The maximum absolute atomic E-state index is 13.0. The van der Waals surface area contributed by atoms with E-state index in [4.69, 9.17) is 32.1 Å². The van der Waals surface area contributed by atoms with Crippen LogP contribution in [0.3, 0.4) is 0 Å². The van der Waals surface area contributed by atoms with Crippen LogP contribution in [0.25, 0.3) is 28.1 Å². The first-order valence-electron chi connectivity index (χ1n) is 10.9. The van der Waals surface area contributed by atoms with Crippen LogP contribution in [0.4, 0.5) is 0 Å². The average Bonchev–Trinajstić information content (AvgIpc) is 3.46. The number of para-hydroxylation sites is 2. The van der Waals surface area contributed by atoms with Gasteiger partial charge < -0.3 is 14.0 Å². The highest BCUT2D eigenvalue weighted by Gasteiger charge is 2.26. The summed E-state index contributed by atoms with van der Waals surface area (Å²) in [5.41, 5.74) is 0.599. The quantitative estimate of drug-likeness (QED) is 0.309. The average molecular weight is 512 g/mol. The van der Waals surface area contributed by atoms with Crippen molar-refractivity contribution < 1.29 is 14.0 Å². The van der Waals surface area contributed by atoms with Gasteiger partial charge in [0.25, 0.3) is 11.4 Å². The van der Waals surface area contributed by atoms with Gasteiger partial charge in [0.05, 0.1) is 22.2 Å². The summed E-state index contributed by atoms with van der Waals surface area (Å²) >= 11 is 12.8. The first-order chi connectivity index (χ1) is 17.0. The fraction of sp³-hybridized carbons (Fsp3) is 0.208. The smallest absolute Gasteiger partial charge is 0.289 e. The molecule has 178 valence electrons. The van der Waals surface area contributed by atoms with E-state index in [0.29, 0.717) is 29.2 Å². The molecule has 0 aliphatic rings. The highest BCUT2D eigenvalue weighted by molar-refractivity contribution is 6.37. The summed E-state index contributed by atoms with van der Waals surface area (Å²) in [6.07, 6.45) is 2.20. The van der Waals surface area contributed by atoms with Crippen LogP contribution in [-0.4, -0.2) is 30.0 Å². The van der Waals surface area contributed by atoms with E-state index in [0.717, 1.165) is 18.2 Å². The summed E-state index contributed by atoms with van der Waals surface area (Å²) in [4.78, 5) is 17.2. The molecule has 0 saturated carbocycles. The molecule has 0 bridgehead atoms. The number of nitrogens with zero attached hydrogens (tertiary/aromatic N) is 5. The lowest BCUT2D eigenvalue weighted by molar-refractivity contribution is 0.425. The normalized spacial score (nSPS) is 11.4. The Bertz CT molecular complexity index is 1570. The van der Waals surface area contributed by atoms with Crippen molar-refractivity contribution in [3.05, 3.63) is 80.3 Å². The molecule has 0 amide bonds. The molecule has 1 N–H and O–H groups in total. The van der Waals surface area contributed by atoms with Gasteiger partial charge in [-0.05, 0) is 30.7 Å². The Morgan fingerprint density at radius 2 is 1.83 bits per heavy atom. The molecule has 3 aromatic heterocycles. The number of halogens is 2. The molecule has 2 aromatic carbocycles. The van der Waals surface area contributed by atoms with Crippen molar-refractivity contribution in [2.45, 2.75) is 32.6 Å². The molecule has 9 nitrogen and oxygen atoms in total. The van der Waals surface area contributed by atoms with Crippen LogP contribution >= 0.6 is 23.2 Å². The van der Waals surface area contributed by atoms with Gasteiger partial charge in [-0.1, -0.05) is 59.9 Å².